The van der Waals surface area contributed by atoms with Gasteiger partial charge in [0.25, 0.3) is 0 Å². The fourth-order valence-electron chi connectivity index (χ4n) is 1.07. The molecular weight excluding hydrogens is 156 g/mol. The van der Waals surface area contributed by atoms with E-state index in [0.717, 1.165) is 11.4 Å². The summed E-state index contributed by atoms with van der Waals surface area (Å²) in [5, 5.41) is 0.838. The van der Waals surface area contributed by atoms with Crippen molar-refractivity contribution in [2.24, 2.45) is 0 Å². The second-order valence-electron chi connectivity index (χ2n) is 2.53. The first kappa shape index (κ1) is 8.35. The topological polar surface area (TPSA) is 0 Å². The smallest absolute Gasteiger partial charge is 0.0443 e. The molecule has 0 aromatic heterocycles. The highest BCUT2D eigenvalue weighted by atomic mass is 35.5. The molecule has 0 spiro atoms. The van der Waals surface area contributed by atoms with Crippen molar-refractivity contribution in [3.05, 3.63) is 47.0 Å². The van der Waals surface area contributed by atoms with Gasteiger partial charge in [0.2, 0.25) is 0 Å². The molecule has 0 saturated heterocycles. The number of hydrogen-bond acceptors (Lipinski definition) is 0. The van der Waals surface area contributed by atoms with Gasteiger partial charge < -0.3 is 0 Å². The van der Waals surface area contributed by atoms with E-state index < -0.39 is 0 Å². The second kappa shape index (κ2) is 3.59. The lowest BCUT2D eigenvalue weighted by atomic mass is 10.1. The van der Waals surface area contributed by atoms with E-state index in [1.54, 1.807) is 0 Å². The van der Waals surface area contributed by atoms with Gasteiger partial charge in [0, 0.05) is 5.02 Å². The summed E-state index contributed by atoms with van der Waals surface area (Å²) in [6, 6.07) is 5.93. The number of aryl methyl sites for hydroxylation is 1. The van der Waals surface area contributed by atoms with E-state index in [4.69, 9.17) is 11.6 Å². The molecule has 0 aliphatic carbocycles. The van der Waals surface area contributed by atoms with Crippen LogP contribution in [0.1, 0.15) is 11.1 Å². The zero-order chi connectivity index (χ0) is 8.27. The quantitative estimate of drug-likeness (QED) is 0.591. The average molecular weight is 167 g/mol. The van der Waals surface area contributed by atoms with Crippen LogP contribution in [0, 0.1) is 6.92 Å². The molecule has 1 rings (SSSR count). The minimum Gasteiger partial charge on any atom is -0.103 e. The standard InChI is InChI=1S/C10H11Cl/c1-3-5-9-8(2)6-4-7-10(9)11/h3-4,6-7H,1,5H2,2H3. The lowest BCUT2D eigenvalue weighted by Gasteiger charge is -2.03. The highest BCUT2D eigenvalue weighted by Gasteiger charge is 1.99. The summed E-state index contributed by atoms with van der Waals surface area (Å²) < 4.78 is 0. The molecule has 0 nitrogen and oxygen atoms in total. The van der Waals surface area contributed by atoms with E-state index >= 15 is 0 Å². The molecule has 0 atom stereocenters. The van der Waals surface area contributed by atoms with Crippen molar-refractivity contribution in [3.63, 3.8) is 0 Å². The molecule has 0 aliphatic heterocycles. The van der Waals surface area contributed by atoms with Gasteiger partial charge in [-0.2, -0.15) is 0 Å². The summed E-state index contributed by atoms with van der Waals surface area (Å²) in [5.74, 6) is 0. The Balaban J connectivity index is 3.09. The van der Waals surface area contributed by atoms with Crippen LogP contribution < -0.4 is 0 Å². The van der Waals surface area contributed by atoms with Crippen LogP contribution in [0.3, 0.4) is 0 Å². The molecular formula is C10H11Cl. The summed E-state index contributed by atoms with van der Waals surface area (Å²) in [7, 11) is 0. The van der Waals surface area contributed by atoms with Gasteiger partial charge in [-0.1, -0.05) is 29.8 Å². The number of benzene rings is 1. The molecule has 0 saturated carbocycles. The van der Waals surface area contributed by atoms with E-state index in [2.05, 4.69) is 19.6 Å². The summed E-state index contributed by atoms with van der Waals surface area (Å²) in [6.07, 6.45) is 2.72. The molecule has 0 heterocycles. The van der Waals surface area contributed by atoms with Gasteiger partial charge in [0.1, 0.15) is 0 Å². The zero-order valence-electron chi connectivity index (χ0n) is 6.60. The van der Waals surface area contributed by atoms with Crippen LogP contribution in [0.15, 0.2) is 30.9 Å². The molecule has 0 aliphatic rings. The third-order valence-corrected chi connectivity index (χ3v) is 2.06. The van der Waals surface area contributed by atoms with Gasteiger partial charge in [-0.15, -0.1) is 6.58 Å². The van der Waals surface area contributed by atoms with Gasteiger partial charge >= 0.3 is 0 Å². The maximum Gasteiger partial charge on any atom is 0.0443 e. The minimum absolute atomic E-state index is 0.838. The Labute approximate surface area is 72.5 Å². The Morgan fingerprint density at radius 3 is 2.82 bits per heavy atom. The number of allylic oxidation sites excluding steroid dienone is 1. The fourth-order valence-corrected chi connectivity index (χ4v) is 1.37. The van der Waals surface area contributed by atoms with Crippen LogP contribution in [-0.2, 0) is 6.42 Å². The first-order valence-corrected chi connectivity index (χ1v) is 3.98. The largest absolute Gasteiger partial charge is 0.103 e. The highest BCUT2D eigenvalue weighted by molar-refractivity contribution is 6.31. The summed E-state index contributed by atoms with van der Waals surface area (Å²) >= 11 is 5.96. The van der Waals surface area contributed by atoms with E-state index in [1.165, 1.54) is 11.1 Å². The van der Waals surface area contributed by atoms with Crippen molar-refractivity contribution in [1.82, 2.24) is 0 Å². The van der Waals surface area contributed by atoms with Crippen LogP contribution >= 0.6 is 11.6 Å². The number of hydrogen-bond donors (Lipinski definition) is 0. The lowest BCUT2D eigenvalue weighted by molar-refractivity contribution is 1.22. The minimum atomic E-state index is 0.838. The molecule has 1 aromatic rings. The first-order valence-electron chi connectivity index (χ1n) is 3.60. The Kier molecular flexibility index (Phi) is 2.72. The fraction of sp³-hybridized carbons (Fsp3) is 0.200. The van der Waals surface area contributed by atoms with Gasteiger partial charge in [-0.25, -0.2) is 0 Å². The molecule has 0 radical (unpaired) electrons. The third kappa shape index (κ3) is 1.84. The monoisotopic (exact) mass is 166 g/mol. The second-order valence-corrected chi connectivity index (χ2v) is 2.94. The molecule has 1 aromatic carbocycles. The number of halogens is 1. The average Bonchev–Trinajstić information content (AvgIpc) is 1.97. The lowest BCUT2D eigenvalue weighted by Crippen LogP contribution is -1.87. The van der Waals surface area contributed by atoms with Crippen LogP contribution in [0.4, 0.5) is 0 Å². The van der Waals surface area contributed by atoms with Crippen LogP contribution in [-0.4, -0.2) is 0 Å². The van der Waals surface area contributed by atoms with Crippen molar-refractivity contribution >= 4 is 11.6 Å². The predicted octanol–water partition coefficient (Wildman–Crippen LogP) is 3.38. The molecule has 0 N–H and O–H groups in total. The summed E-state index contributed by atoms with van der Waals surface area (Å²) in [4.78, 5) is 0. The zero-order valence-corrected chi connectivity index (χ0v) is 7.36. The summed E-state index contributed by atoms with van der Waals surface area (Å²) in [6.45, 7) is 5.74. The third-order valence-electron chi connectivity index (χ3n) is 1.70. The van der Waals surface area contributed by atoms with Crippen molar-refractivity contribution in [2.45, 2.75) is 13.3 Å². The molecule has 1 heteroatoms. The predicted molar refractivity (Wildman–Crippen MR) is 50.1 cm³/mol. The van der Waals surface area contributed by atoms with Crippen LogP contribution in [0.5, 0.6) is 0 Å². The normalized spacial score (nSPS) is 9.64. The Morgan fingerprint density at radius 1 is 1.55 bits per heavy atom. The van der Waals surface area contributed by atoms with E-state index in [0.29, 0.717) is 0 Å². The van der Waals surface area contributed by atoms with E-state index in [9.17, 15) is 0 Å². The first-order chi connectivity index (χ1) is 5.25. The van der Waals surface area contributed by atoms with Crippen LogP contribution in [0.2, 0.25) is 5.02 Å². The van der Waals surface area contributed by atoms with Crippen molar-refractivity contribution < 1.29 is 0 Å². The van der Waals surface area contributed by atoms with Gasteiger partial charge in [0.05, 0.1) is 0 Å². The molecule has 58 valence electrons. The Hall–Kier alpha value is -0.750. The Morgan fingerprint density at radius 2 is 2.27 bits per heavy atom. The molecule has 0 fully saturated rings. The van der Waals surface area contributed by atoms with Gasteiger partial charge in [-0.05, 0) is 30.5 Å². The molecule has 0 amide bonds. The van der Waals surface area contributed by atoms with E-state index in [1.807, 2.05) is 18.2 Å². The SMILES string of the molecule is C=CCc1c(C)cccc1Cl. The van der Waals surface area contributed by atoms with E-state index in [-0.39, 0.29) is 0 Å². The highest BCUT2D eigenvalue weighted by Crippen LogP contribution is 2.19. The maximum atomic E-state index is 5.96. The van der Waals surface area contributed by atoms with Crippen LogP contribution in [0.25, 0.3) is 0 Å². The molecule has 0 unspecified atom stereocenters. The van der Waals surface area contributed by atoms with Gasteiger partial charge in [0.15, 0.2) is 0 Å². The van der Waals surface area contributed by atoms with Crippen molar-refractivity contribution in [1.29, 1.82) is 0 Å². The molecule has 0 bridgehead atoms. The molecule has 11 heavy (non-hydrogen) atoms. The van der Waals surface area contributed by atoms with Crippen molar-refractivity contribution in [2.75, 3.05) is 0 Å². The summed E-state index contributed by atoms with van der Waals surface area (Å²) in [5.41, 5.74) is 2.42. The van der Waals surface area contributed by atoms with Gasteiger partial charge in [-0.3, -0.25) is 0 Å². The van der Waals surface area contributed by atoms with Crippen molar-refractivity contribution in [3.8, 4) is 0 Å². The number of rotatable bonds is 2. The maximum absolute atomic E-state index is 5.96. The Bertz CT molecular complexity index is 243.